The highest BCUT2D eigenvalue weighted by Crippen LogP contribution is 2.10. The molecule has 0 radical (unpaired) electrons. The largest absolute Gasteiger partial charge is 0.367 e. The quantitative estimate of drug-likeness (QED) is 0.497. The van der Waals surface area contributed by atoms with Crippen LogP contribution < -0.4 is 10.6 Å². The van der Waals surface area contributed by atoms with Gasteiger partial charge in [-0.2, -0.15) is 0 Å². The second kappa shape index (κ2) is 8.82. The lowest BCUT2D eigenvalue weighted by Crippen LogP contribution is -2.27. The molecule has 3 aromatic rings. The molecule has 0 fully saturated rings. The summed E-state index contributed by atoms with van der Waals surface area (Å²) in [5.41, 5.74) is 0.917. The van der Waals surface area contributed by atoms with E-state index in [2.05, 4.69) is 20.8 Å². The first-order valence-corrected chi connectivity index (χ1v) is 8.51. The fourth-order valence-electron chi connectivity index (χ4n) is 2.23. The number of hydrogen-bond acceptors (Lipinski definition) is 4. The zero-order valence-electron chi connectivity index (χ0n) is 14.0. The highest BCUT2D eigenvalue weighted by Gasteiger charge is 1.99. The number of nitrogens with zero attached hydrogens (tertiary/aromatic N) is 3. The summed E-state index contributed by atoms with van der Waals surface area (Å²) in [6.07, 6.45) is 7.05. The van der Waals surface area contributed by atoms with Gasteiger partial charge in [0.25, 0.3) is 0 Å². The van der Waals surface area contributed by atoms with Crippen molar-refractivity contribution in [2.24, 2.45) is 0 Å². The molecule has 6 nitrogen and oxygen atoms in total. The van der Waals surface area contributed by atoms with Crippen LogP contribution in [-0.4, -0.2) is 33.8 Å². The van der Waals surface area contributed by atoms with Crippen LogP contribution in [0.3, 0.4) is 0 Å². The van der Waals surface area contributed by atoms with E-state index in [0.717, 1.165) is 11.4 Å². The van der Waals surface area contributed by atoms with Crippen LogP contribution in [0.2, 0.25) is 5.02 Å². The second-order valence-electron chi connectivity index (χ2n) is 5.47. The number of nitrogens with one attached hydrogen (secondary N) is 2. The number of carbonyl (C=O) groups excluding carboxylic acids is 1. The van der Waals surface area contributed by atoms with Gasteiger partial charge in [-0.25, -0.2) is 0 Å². The summed E-state index contributed by atoms with van der Waals surface area (Å²) >= 11 is 5.82. The molecule has 2 aromatic heterocycles. The number of aromatic nitrogens is 3. The van der Waals surface area contributed by atoms with Gasteiger partial charge in [0.1, 0.15) is 5.82 Å². The van der Waals surface area contributed by atoms with Crippen LogP contribution in [0.15, 0.2) is 67.0 Å². The summed E-state index contributed by atoms with van der Waals surface area (Å²) in [5, 5.41) is 14.8. The van der Waals surface area contributed by atoms with E-state index < -0.39 is 0 Å². The number of halogens is 1. The molecule has 0 spiro atoms. The third kappa shape index (κ3) is 5.19. The number of carbonyl (C=O) groups is 1. The summed E-state index contributed by atoms with van der Waals surface area (Å²) in [6.45, 7) is 1.03. The van der Waals surface area contributed by atoms with E-state index in [1.807, 2.05) is 53.4 Å². The summed E-state index contributed by atoms with van der Waals surface area (Å²) in [6, 6.07) is 14.9. The van der Waals surface area contributed by atoms with Crippen LogP contribution >= 0.6 is 11.6 Å². The monoisotopic (exact) mass is 367 g/mol. The minimum absolute atomic E-state index is 0.157. The third-order valence-electron chi connectivity index (χ3n) is 3.55. The van der Waals surface area contributed by atoms with Gasteiger partial charge in [0.15, 0.2) is 5.82 Å². The fourth-order valence-corrected chi connectivity index (χ4v) is 2.35. The Kier molecular flexibility index (Phi) is 6.01. The first-order valence-electron chi connectivity index (χ1n) is 8.13. The number of rotatable bonds is 7. The lowest BCUT2D eigenvalue weighted by Gasteiger charge is -2.06. The third-order valence-corrected chi connectivity index (χ3v) is 3.80. The number of benzene rings is 1. The molecule has 3 rings (SSSR count). The zero-order valence-corrected chi connectivity index (χ0v) is 14.7. The Bertz CT molecular complexity index is 858. The summed E-state index contributed by atoms with van der Waals surface area (Å²) < 4.78 is 1.88. The fraction of sp³-hybridized carbons (Fsp3) is 0.105. The molecule has 0 unspecified atom stereocenters. The minimum Gasteiger partial charge on any atom is -0.367 e. The molecule has 0 saturated carbocycles. The van der Waals surface area contributed by atoms with Gasteiger partial charge in [-0.1, -0.05) is 23.7 Å². The molecule has 2 heterocycles. The Morgan fingerprint density at radius 2 is 1.81 bits per heavy atom. The lowest BCUT2D eigenvalue weighted by molar-refractivity contribution is -0.116. The average molecular weight is 368 g/mol. The summed E-state index contributed by atoms with van der Waals surface area (Å²) in [5.74, 6) is 1.25. The Hall–Kier alpha value is -3.12. The Balaban J connectivity index is 1.39. The van der Waals surface area contributed by atoms with Gasteiger partial charge in [0.05, 0.1) is 0 Å². The average Bonchev–Trinajstić information content (AvgIpc) is 3.20. The van der Waals surface area contributed by atoms with E-state index in [1.165, 1.54) is 6.08 Å². The van der Waals surface area contributed by atoms with Crippen molar-refractivity contribution in [3.8, 4) is 5.82 Å². The molecular weight excluding hydrogens is 350 g/mol. The molecule has 2 N–H and O–H groups in total. The van der Waals surface area contributed by atoms with Crippen LogP contribution in [0.25, 0.3) is 11.9 Å². The maximum Gasteiger partial charge on any atom is 0.244 e. The van der Waals surface area contributed by atoms with E-state index in [1.54, 1.807) is 18.2 Å². The molecule has 0 bridgehead atoms. The van der Waals surface area contributed by atoms with Crippen LogP contribution in [0.5, 0.6) is 0 Å². The zero-order chi connectivity index (χ0) is 18.2. The van der Waals surface area contributed by atoms with Crippen molar-refractivity contribution in [1.82, 2.24) is 20.1 Å². The molecule has 0 aliphatic rings. The van der Waals surface area contributed by atoms with Crippen LogP contribution in [0, 0.1) is 0 Å². The van der Waals surface area contributed by atoms with Gasteiger partial charge in [0, 0.05) is 36.6 Å². The Morgan fingerprint density at radius 3 is 2.50 bits per heavy atom. The van der Waals surface area contributed by atoms with E-state index >= 15 is 0 Å². The summed E-state index contributed by atoms with van der Waals surface area (Å²) in [7, 11) is 0. The lowest BCUT2D eigenvalue weighted by atomic mass is 10.2. The highest BCUT2D eigenvalue weighted by atomic mass is 35.5. The van der Waals surface area contributed by atoms with Crippen molar-refractivity contribution >= 4 is 29.4 Å². The standard InChI is InChI=1S/C19H18ClN5O/c20-16-6-3-15(4-7-16)5-10-19(26)22-12-11-21-17-8-9-18(24-23-17)25-13-1-2-14-25/h1-10,13-14H,11-12H2,(H,21,23)(H,22,26)/b10-5+. The number of amides is 1. The molecule has 7 heteroatoms. The van der Waals surface area contributed by atoms with Gasteiger partial charge < -0.3 is 15.2 Å². The SMILES string of the molecule is O=C(/C=C/c1ccc(Cl)cc1)NCCNc1ccc(-n2cccc2)nn1. The number of anilines is 1. The molecule has 1 aromatic carbocycles. The van der Waals surface area contributed by atoms with Crippen molar-refractivity contribution in [3.63, 3.8) is 0 Å². The first kappa shape index (κ1) is 17.7. The highest BCUT2D eigenvalue weighted by molar-refractivity contribution is 6.30. The molecule has 0 aliphatic heterocycles. The molecular formula is C19H18ClN5O. The van der Waals surface area contributed by atoms with Crippen molar-refractivity contribution in [1.29, 1.82) is 0 Å². The molecule has 132 valence electrons. The van der Waals surface area contributed by atoms with Gasteiger partial charge in [0.2, 0.25) is 5.91 Å². The molecule has 26 heavy (non-hydrogen) atoms. The molecule has 0 aliphatic carbocycles. The maximum absolute atomic E-state index is 11.8. The van der Waals surface area contributed by atoms with E-state index in [0.29, 0.717) is 23.9 Å². The van der Waals surface area contributed by atoms with Crippen molar-refractivity contribution in [2.45, 2.75) is 0 Å². The normalized spacial score (nSPS) is 10.8. The van der Waals surface area contributed by atoms with E-state index in [-0.39, 0.29) is 5.91 Å². The summed E-state index contributed by atoms with van der Waals surface area (Å²) in [4.78, 5) is 11.8. The molecule has 0 atom stereocenters. The molecule has 1 amide bonds. The first-order chi connectivity index (χ1) is 12.7. The maximum atomic E-state index is 11.8. The topological polar surface area (TPSA) is 71.8 Å². The van der Waals surface area contributed by atoms with Crippen molar-refractivity contribution in [3.05, 3.63) is 77.6 Å². The van der Waals surface area contributed by atoms with Crippen LogP contribution in [0.1, 0.15) is 5.56 Å². The van der Waals surface area contributed by atoms with Crippen molar-refractivity contribution < 1.29 is 4.79 Å². The smallest absolute Gasteiger partial charge is 0.244 e. The Morgan fingerprint density at radius 1 is 1.04 bits per heavy atom. The van der Waals surface area contributed by atoms with Gasteiger partial charge in [-0.15, -0.1) is 10.2 Å². The Labute approximate surface area is 156 Å². The van der Waals surface area contributed by atoms with Gasteiger partial charge in [-0.3, -0.25) is 4.79 Å². The molecule has 0 saturated heterocycles. The van der Waals surface area contributed by atoms with E-state index in [9.17, 15) is 4.79 Å². The second-order valence-corrected chi connectivity index (χ2v) is 5.91. The van der Waals surface area contributed by atoms with Gasteiger partial charge >= 0.3 is 0 Å². The van der Waals surface area contributed by atoms with Crippen LogP contribution in [0.4, 0.5) is 5.82 Å². The van der Waals surface area contributed by atoms with Crippen LogP contribution in [-0.2, 0) is 4.79 Å². The predicted octanol–water partition coefficient (Wildman–Crippen LogP) is 3.16. The van der Waals surface area contributed by atoms with Crippen molar-refractivity contribution in [2.75, 3.05) is 18.4 Å². The minimum atomic E-state index is -0.157. The van der Waals surface area contributed by atoms with E-state index in [4.69, 9.17) is 11.6 Å². The number of hydrogen-bond donors (Lipinski definition) is 2. The predicted molar refractivity (Wildman–Crippen MR) is 103 cm³/mol. The van der Waals surface area contributed by atoms with Gasteiger partial charge in [-0.05, 0) is 48.0 Å².